The number of anilines is 1. The maximum atomic E-state index is 12.5. The molecule has 0 saturated carbocycles. The van der Waals surface area contributed by atoms with Crippen LogP contribution in [0.4, 0.5) is 19.0 Å². The Balaban J connectivity index is 2.97. The maximum absolute atomic E-state index is 12.5. The van der Waals surface area contributed by atoms with Gasteiger partial charge >= 0.3 is 6.18 Å². The fourth-order valence-electron chi connectivity index (χ4n) is 1.72. The molecule has 1 aromatic rings. The lowest BCUT2D eigenvalue weighted by Crippen LogP contribution is -2.28. The highest BCUT2D eigenvalue weighted by Crippen LogP contribution is 2.31. The molecule has 0 aliphatic rings. The molecule has 0 bridgehead atoms. The zero-order chi connectivity index (χ0) is 13.8. The first-order valence-corrected chi connectivity index (χ1v) is 5.85. The van der Waals surface area contributed by atoms with Crippen molar-refractivity contribution in [3.8, 4) is 0 Å². The first kappa shape index (κ1) is 14.8. The van der Waals surface area contributed by atoms with Gasteiger partial charge in [0.25, 0.3) is 0 Å². The van der Waals surface area contributed by atoms with E-state index in [0.717, 1.165) is 12.0 Å². The number of halogens is 3. The SMILES string of the molecule is CCCNC(CC(F)(F)F)c1cc(C)cnc1N. The average Bonchev–Trinajstić information content (AvgIpc) is 2.26. The molecule has 0 aliphatic carbocycles. The summed E-state index contributed by atoms with van der Waals surface area (Å²) in [5, 5.41) is 2.87. The van der Waals surface area contributed by atoms with E-state index in [4.69, 9.17) is 5.73 Å². The summed E-state index contributed by atoms with van der Waals surface area (Å²) in [6.07, 6.45) is -2.87. The highest BCUT2D eigenvalue weighted by molar-refractivity contribution is 5.43. The van der Waals surface area contributed by atoms with Crippen molar-refractivity contribution in [3.63, 3.8) is 0 Å². The zero-order valence-corrected chi connectivity index (χ0v) is 10.5. The minimum absolute atomic E-state index is 0.151. The highest BCUT2D eigenvalue weighted by atomic mass is 19.4. The summed E-state index contributed by atoms with van der Waals surface area (Å²) in [6, 6.07) is 0.818. The van der Waals surface area contributed by atoms with Crippen LogP contribution in [0.15, 0.2) is 12.3 Å². The number of alkyl halides is 3. The Hall–Kier alpha value is -1.30. The third kappa shape index (κ3) is 4.52. The molecule has 102 valence electrons. The van der Waals surface area contributed by atoms with Crippen molar-refractivity contribution in [2.75, 3.05) is 12.3 Å². The third-order valence-electron chi connectivity index (χ3n) is 2.54. The molecule has 0 amide bonds. The minimum atomic E-state index is -4.23. The molecule has 0 spiro atoms. The number of aromatic nitrogens is 1. The highest BCUT2D eigenvalue weighted by Gasteiger charge is 2.33. The molecule has 0 aliphatic heterocycles. The summed E-state index contributed by atoms with van der Waals surface area (Å²) in [7, 11) is 0. The van der Waals surface area contributed by atoms with Crippen molar-refractivity contribution < 1.29 is 13.2 Å². The summed E-state index contributed by atoms with van der Waals surface area (Å²) >= 11 is 0. The van der Waals surface area contributed by atoms with E-state index in [1.807, 2.05) is 6.92 Å². The van der Waals surface area contributed by atoms with Crippen LogP contribution in [0.1, 0.15) is 36.9 Å². The number of nitrogen functional groups attached to an aromatic ring is 1. The van der Waals surface area contributed by atoms with Crippen LogP contribution in [0.5, 0.6) is 0 Å². The van der Waals surface area contributed by atoms with Crippen LogP contribution in [-0.4, -0.2) is 17.7 Å². The van der Waals surface area contributed by atoms with E-state index in [9.17, 15) is 13.2 Å². The summed E-state index contributed by atoms with van der Waals surface area (Å²) in [6.45, 7) is 4.18. The van der Waals surface area contributed by atoms with Gasteiger partial charge in [-0.1, -0.05) is 6.92 Å². The normalized spacial score (nSPS) is 13.6. The van der Waals surface area contributed by atoms with Crippen molar-refractivity contribution in [1.82, 2.24) is 10.3 Å². The summed E-state index contributed by atoms with van der Waals surface area (Å²) in [4.78, 5) is 3.91. The van der Waals surface area contributed by atoms with Gasteiger partial charge in [-0.25, -0.2) is 4.98 Å². The number of hydrogen-bond donors (Lipinski definition) is 2. The molecule has 0 aromatic carbocycles. The van der Waals surface area contributed by atoms with Crippen molar-refractivity contribution >= 4 is 5.82 Å². The first-order valence-electron chi connectivity index (χ1n) is 5.85. The van der Waals surface area contributed by atoms with Gasteiger partial charge in [-0.05, 0) is 31.5 Å². The Kier molecular flexibility index (Phi) is 4.95. The topological polar surface area (TPSA) is 50.9 Å². The Morgan fingerprint density at radius 2 is 2.11 bits per heavy atom. The van der Waals surface area contributed by atoms with Gasteiger partial charge in [0.1, 0.15) is 5.82 Å². The molecule has 1 unspecified atom stereocenters. The van der Waals surface area contributed by atoms with Gasteiger partial charge < -0.3 is 11.1 Å². The number of hydrogen-bond acceptors (Lipinski definition) is 3. The van der Waals surface area contributed by atoms with E-state index in [2.05, 4.69) is 10.3 Å². The van der Waals surface area contributed by atoms with Gasteiger partial charge in [-0.3, -0.25) is 0 Å². The van der Waals surface area contributed by atoms with Crippen LogP contribution in [-0.2, 0) is 0 Å². The lowest BCUT2D eigenvalue weighted by molar-refractivity contribution is -0.140. The smallest absolute Gasteiger partial charge is 0.383 e. The second kappa shape index (κ2) is 6.04. The molecule has 1 heterocycles. The Morgan fingerprint density at radius 1 is 1.44 bits per heavy atom. The molecule has 3 N–H and O–H groups in total. The van der Waals surface area contributed by atoms with Gasteiger partial charge in [0.2, 0.25) is 0 Å². The average molecular weight is 261 g/mol. The standard InChI is InChI=1S/C12H18F3N3/c1-3-4-17-10(6-12(13,14)15)9-5-8(2)7-18-11(9)16/h5,7,10,17H,3-4,6H2,1-2H3,(H2,16,18). The van der Waals surface area contributed by atoms with E-state index < -0.39 is 18.6 Å². The summed E-state index contributed by atoms with van der Waals surface area (Å²) < 4.78 is 37.6. The van der Waals surface area contributed by atoms with E-state index in [1.54, 1.807) is 19.2 Å². The van der Waals surface area contributed by atoms with Gasteiger partial charge in [0.05, 0.1) is 6.42 Å². The molecule has 0 radical (unpaired) electrons. The maximum Gasteiger partial charge on any atom is 0.390 e. The summed E-state index contributed by atoms with van der Waals surface area (Å²) in [5.41, 5.74) is 6.88. The molecule has 18 heavy (non-hydrogen) atoms. The van der Waals surface area contributed by atoms with Crippen molar-refractivity contribution in [1.29, 1.82) is 0 Å². The van der Waals surface area contributed by atoms with Crippen molar-refractivity contribution in [2.24, 2.45) is 0 Å². The predicted molar refractivity (Wildman–Crippen MR) is 65.1 cm³/mol. The number of nitrogens with one attached hydrogen (secondary N) is 1. The summed E-state index contributed by atoms with van der Waals surface area (Å²) in [5.74, 6) is 0.151. The second-order valence-corrected chi connectivity index (χ2v) is 4.31. The quantitative estimate of drug-likeness (QED) is 0.856. The van der Waals surface area contributed by atoms with Crippen LogP contribution in [0, 0.1) is 6.92 Å². The number of aryl methyl sites for hydroxylation is 1. The van der Waals surface area contributed by atoms with E-state index in [1.165, 1.54) is 0 Å². The Morgan fingerprint density at radius 3 is 2.67 bits per heavy atom. The van der Waals surface area contributed by atoms with Crippen LogP contribution < -0.4 is 11.1 Å². The fraction of sp³-hybridized carbons (Fsp3) is 0.583. The minimum Gasteiger partial charge on any atom is -0.383 e. The van der Waals surface area contributed by atoms with Crippen molar-refractivity contribution in [2.45, 2.75) is 38.9 Å². The molecule has 1 aromatic heterocycles. The molecule has 6 heteroatoms. The largest absolute Gasteiger partial charge is 0.390 e. The van der Waals surface area contributed by atoms with Gasteiger partial charge in [0, 0.05) is 17.8 Å². The van der Waals surface area contributed by atoms with Gasteiger partial charge in [-0.2, -0.15) is 13.2 Å². The molecular formula is C12H18F3N3. The second-order valence-electron chi connectivity index (χ2n) is 4.31. The molecular weight excluding hydrogens is 243 g/mol. The van der Waals surface area contributed by atoms with Crippen LogP contribution in [0.25, 0.3) is 0 Å². The molecule has 1 atom stereocenters. The monoisotopic (exact) mass is 261 g/mol. The van der Waals surface area contributed by atoms with E-state index >= 15 is 0 Å². The molecule has 1 rings (SSSR count). The predicted octanol–water partition coefficient (Wildman–Crippen LogP) is 2.97. The Bertz CT molecular complexity index is 391. The van der Waals surface area contributed by atoms with Gasteiger partial charge in [-0.15, -0.1) is 0 Å². The lowest BCUT2D eigenvalue weighted by atomic mass is 10.0. The number of rotatable bonds is 5. The number of nitrogens with zero attached hydrogens (tertiary/aromatic N) is 1. The zero-order valence-electron chi connectivity index (χ0n) is 10.5. The molecule has 3 nitrogen and oxygen atoms in total. The first-order chi connectivity index (χ1) is 8.33. The van der Waals surface area contributed by atoms with Crippen LogP contribution in [0.2, 0.25) is 0 Å². The van der Waals surface area contributed by atoms with E-state index in [-0.39, 0.29) is 5.82 Å². The van der Waals surface area contributed by atoms with Crippen LogP contribution >= 0.6 is 0 Å². The van der Waals surface area contributed by atoms with E-state index in [0.29, 0.717) is 12.1 Å². The Labute approximate surface area is 105 Å². The lowest BCUT2D eigenvalue weighted by Gasteiger charge is -2.21. The third-order valence-corrected chi connectivity index (χ3v) is 2.54. The molecule has 0 saturated heterocycles. The van der Waals surface area contributed by atoms with Gasteiger partial charge in [0.15, 0.2) is 0 Å². The molecule has 0 fully saturated rings. The van der Waals surface area contributed by atoms with Crippen LogP contribution in [0.3, 0.4) is 0 Å². The fourth-order valence-corrected chi connectivity index (χ4v) is 1.72. The number of pyridine rings is 1. The van der Waals surface area contributed by atoms with Crippen molar-refractivity contribution in [3.05, 3.63) is 23.4 Å². The number of nitrogens with two attached hydrogens (primary N) is 1.